The Balaban J connectivity index is 2.12. The van der Waals surface area contributed by atoms with Crippen molar-refractivity contribution < 1.29 is 8.42 Å². The zero-order valence-electron chi connectivity index (χ0n) is 14.0. The first-order valence-electron chi connectivity index (χ1n) is 7.92. The highest BCUT2D eigenvalue weighted by Crippen LogP contribution is 2.33. The zero-order chi connectivity index (χ0) is 18.6. The molecule has 134 valence electrons. The van der Waals surface area contributed by atoms with E-state index in [1.807, 2.05) is 13.8 Å². The standard InChI is InChI=1S/C17H15BrN4O3S/c1-10(2)22-15-13(20-17(22)23)8-19-16-14(15)12(18)9-21(16)26(24,25)11-6-4-3-5-7-11/h3-10H,1-2H3,(H,20,23). The molecule has 0 saturated carbocycles. The molecular formula is C17H15BrN4O3S. The van der Waals surface area contributed by atoms with Gasteiger partial charge in [-0.3, -0.25) is 4.57 Å². The molecule has 0 aliphatic carbocycles. The first kappa shape index (κ1) is 17.0. The number of nitrogens with one attached hydrogen (secondary N) is 1. The fourth-order valence-corrected chi connectivity index (χ4v) is 5.15. The quantitative estimate of drug-likeness (QED) is 0.535. The molecule has 0 spiro atoms. The van der Waals surface area contributed by atoms with Gasteiger partial charge in [0.2, 0.25) is 0 Å². The van der Waals surface area contributed by atoms with Gasteiger partial charge in [-0.2, -0.15) is 0 Å². The second kappa shape index (κ2) is 5.82. The van der Waals surface area contributed by atoms with Crippen LogP contribution in [0.5, 0.6) is 0 Å². The molecule has 4 rings (SSSR count). The first-order chi connectivity index (χ1) is 12.3. The van der Waals surface area contributed by atoms with E-state index in [0.717, 1.165) is 3.97 Å². The number of nitrogens with zero attached hydrogens (tertiary/aromatic N) is 3. The summed E-state index contributed by atoms with van der Waals surface area (Å²) in [4.78, 5) is 19.5. The van der Waals surface area contributed by atoms with Gasteiger partial charge in [-0.25, -0.2) is 22.2 Å². The normalized spacial score (nSPS) is 12.5. The molecule has 1 aromatic carbocycles. The molecule has 9 heteroatoms. The van der Waals surface area contributed by atoms with E-state index in [1.165, 1.54) is 24.5 Å². The van der Waals surface area contributed by atoms with Gasteiger partial charge in [-0.15, -0.1) is 0 Å². The van der Waals surface area contributed by atoms with Crippen LogP contribution in [0.4, 0.5) is 0 Å². The third-order valence-corrected chi connectivity index (χ3v) is 6.49. The summed E-state index contributed by atoms with van der Waals surface area (Å²) < 4.78 is 29.4. The van der Waals surface area contributed by atoms with Crippen molar-refractivity contribution >= 4 is 48.0 Å². The third-order valence-electron chi connectivity index (χ3n) is 4.23. The largest absolute Gasteiger partial charge is 0.326 e. The Labute approximate surface area is 157 Å². The summed E-state index contributed by atoms with van der Waals surface area (Å²) in [7, 11) is -3.81. The SMILES string of the molecule is CC(C)n1c(=O)[nH]c2cnc3c(c(Br)cn3S(=O)(=O)c3ccccc3)c21. The Morgan fingerprint density at radius 2 is 1.88 bits per heavy atom. The number of hydrogen-bond donors (Lipinski definition) is 1. The Morgan fingerprint density at radius 3 is 2.54 bits per heavy atom. The lowest BCUT2D eigenvalue weighted by Crippen LogP contribution is -2.18. The van der Waals surface area contributed by atoms with Crippen molar-refractivity contribution in [3.8, 4) is 0 Å². The van der Waals surface area contributed by atoms with E-state index >= 15 is 0 Å². The molecule has 0 atom stereocenters. The molecule has 0 saturated heterocycles. The highest BCUT2D eigenvalue weighted by Gasteiger charge is 2.24. The van der Waals surface area contributed by atoms with Crippen LogP contribution < -0.4 is 5.69 Å². The average Bonchev–Trinajstić information content (AvgIpc) is 3.12. The van der Waals surface area contributed by atoms with Crippen molar-refractivity contribution in [2.24, 2.45) is 0 Å². The topological polar surface area (TPSA) is 89.8 Å². The lowest BCUT2D eigenvalue weighted by molar-refractivity contribution is 0.588. The molecule has 7 nitrogen and oxygen atoms in total. The molecule has 0 bridgehead atoms. The van der Waals surface area contributed by atoms with Gasteiger partial charge in [0.15, 0.2) is 5.65 Å². The Hall–Kier alpha value is -2.39. The minimum Gasteiger partial charge on any atom is -0.304 e. The minimum atomic E-state index is -3.81. The Bertz CT molecular complexity index is 1300. The van der Waals surface area contributed by atoms with Crippen molar-refractivity contribution in [1.29, 1.82) is 0 Å². The summed E-state index contributed by atoms with van der Waals surface area (Å²) in [5.74, 6) is 0. The fourth-order valence-electron chi connectivity index (χ4n) is 3.11. The van der Waals surface area contributed by atoms with E-state index < -0.39 is 10.0 Å². The van der Waals surface area contributed by atoms with E-state index in [4.69, 9.17) is 0 Å². The molecule has 0 aliphatic rings. The smallest absolute Gasteiger partial charge is 0.304 e. The number of H-pyrrole nitrogens is 1. The fraction of sp³-hybridized carbons (Fsp3) is 0.176. The third kappa shape index (κ3) is 2.34. The highest BCUT2D eigenvalue weighted by molar-refractivity contribution is 9.10. The second-order valence-corrected chi connectivity index (χ2v) is 8.87. The second-order valence-electron chi connectivity index (χ2n) is 6.20. The van der Waals surface area contributed by atoms with Crippen LogP contribution in [0.25, 0.3) is 22.1 Å². The average molecular weight is 435 g/mol. The number of halogens is 1. The molecule has 1 N–H and O–H groups in total. The van der Waals surface area contributed by atoms with Crippen LogP contribution in [0.1, 0.15) is 19.9 Å². The van der Waals surface area contributed by atoms with E-state index in [9.17, 15) is 13.2 Å². The number of pyridine rings is 1. The molecule has 3 heterocycles. The van der Waals surface area contributed by atoms with Crippen LogP contribution in [-0.2, 0) is 10.0 Å². The number of rotatable bonds is 3. The van der Waals surface area contributed by atoms with Crippen molar-refractivity contribution in [2.45, 2.75) is 24.8 Å². The lowest BCUT2D eigenvalue weighted by Gasteiger charge is -2.09. The van der Waals surface area contributed by atoms with Gasteiger partial charge in [-0.05, 0) is 41.9 Å². The van der Waals surface area contributed by atoms with E-state index in [0.29, 0.717) is 20.9 Å². The van der Waals surface area contributed by atoms with Crippen molar-refractivity contribution in [1.82, 2.24) is 18.5 Å². The van der Waals surface area contributed by atoms with E-state index in [2.05, 4.69) is 25.9 Å². The number of benzene rings is 1. The number of hydrogen-bond acceptors (Lipinski definition) is 4. The zero-order valence-corrected chi connectivity index (χ0v) is 16.4. The molecular weight excluding hydrogens is 420 g/mol. The number of aromatic amines is 1. The monoisotopic (exact) mass is 434 g/mol. The molecule has 0 fully saturated rings. The summed E-state index contributed by atoms with van der Waals surface area (Å²) in [6.07, 6.45) is 2.96. The summed E-state index contributed by atoms with van der Waals surface area (Å²) in [5.41, 5.74) is 1.20. The molecule has 0 radical (unpaired) electrons. The van der Waals surface area contributed by atoms with Gasteiger partial charge >= 0.3 is 5.69 Å². The Morgan fingerprint density at radius 1 is 1.19 bits per heavy atom. The maximum absolute atomic E-state index is 13.0. The van der Waals surface area contributed by atoms with Crippen LogP contribution >= 0.6 is 15.9 Å². The number of aromatic nitrogens is 4. The number of fused-ring (bicyclic) bond motifs is 3. The molecule has 26 heavy (non-hydrogen) atoms. The summed E-state index contributed by atoms with van der Waals surface area (Å²) in [6, 6.07) is 8.07. The molecule has 0 amide bonds. The van der Waals surface area contributed by atoms with Gasteiger partial charge in [-0.1, -0.05) is 18.2 Å². The van der Waals surface area contributed by atoms with Crippen LogP contribution in [0.3, 0.4) is 0 Å². The molecule has 0 aliphatic heterocycles. The van der Waals surface area contributed by atoms with Crippen LogP contribution in [0, 0.1) is 0 Å². The number of imidazole rings is 1. The highest BCUT2D eigenvalue weighted by atomic mass is 79.9. The van der Waals surface area contributed by atoms with Crippen molar-refractivity contribution in [3.05, 3.63) is 57.7 Å². The lowest BCUT2D eigenvalue weighted by atomic mass is 10.2. The predicted octanol–water partition coefficient (Wildman–Crippen LogP) is 3.26. The maximum atomic E-state index is 13.0. The first-order valence-corrected chi connectivity index (χ1v) is 10.2. The summed E-state index contributed by atoms with van der Waals surface area (Å²) in [6.45, 7) is 3.79. The van der Waals surface area contributed by atoms with Crippen LogP contribution in [0.15, 0.2) is 56.9 Å². The molecule has 0 unspecified atom stereocenters. The van der Waals surface area contributed by atoms with Gasteiger partial charge < -0.3 is 4.98 Å². The van der Waals surface area contributed by atoms with Gasteiger partial charge in [0, 0.05) is 16.7 Å². The van der Waals surface area contributed by atoms with Crippen molar-refractivity contribution in [3.63, 3.8) is 0 Å². The Kier molecular flexibility index (Phi) is 3.81. The predicted molar refractivity (Wildman–Crippen MR) is 103 cm³/mol. The van der Waals surface area contributed by atoms with Gasteiger partial charge in [0.05, 0.1) is 27.5 Å². The van der Waals surface area contributed by atoms with E-state index in [-0.39, 0.29) is 22.3 Å². The maximum Gasteiger partial charge on any atom is 0.326 e. The van der Waals surface area contributed by atoms with Crippen molar-refractivity contribution in [2.75, 3.05) is 0 Å². The molecule has 3 aromatic heterocycles. The molecule has 4 aromatic rings. The minimum absolute atomic E-state index is 0.0946. The van der Waals surface area contributed by atoms with E-state index in [1.54, 1.807) is 22.8 Å². The van der Waals surface area contributed by atoms with Gasteiger partial charge in [0.1, 0.15) is 0 Å². The summed E-state index contributed by atoms with van der Waals surface area (Å²) >= 11 is 3.44. The van der Waals surface area contributed by atoms with Crippen LogP contribution in [-0.4, -0.2) is 26.9 Å². The van der Waals surface area contributed by atoms with Gasteiger partial charge in [0.25, 0.3) is 10.0 Å². The summed E-state index contributed by atoms with van der Waals surface area (Å²) in [5, 5.41) is 0.578. The van der Waals surface area contributed by atoms with Crippen LogP contribution in [0.2, 0.25) is 0 Å².